The van der Waals surface area contributed by atoms with Gasteiger partial charge in [0.1, 0.15) is 0 Å². The molecule has 1 heterocycles. The van der Waals surface area contributed by atoms with Crippen molar-refractivity contribution in [3.05, 3.63) is 21.9 Å². The highest BCUT2D eigenvalue weighted by Crippen LogP contribution is 2.35. The van der Waals surface area contributed by atoms with Crippen LogP contribution in [-0.2, 0) is 0 Å². The van der Waals surface area contributed by atoms with E-state index in [1.165, 1.54) is 11.1 Å². The van der Waals surface area contributed by atoms with E-state index in [9.17, 15) is 0 Å². The van der Waals surface area contributed by atoms with Crippen LogP contribution in [-0.4, -0.2) is 6.54 Å². The van der Waals surface area contributed by atoms with Crippen LogP contribution in [0, 0.1) is 12.3 Å². The second kappa shape index (κ2) is 4.45. The van der Waals surface area contributed by atoms with Gasteiger partial charge in [0.25, 0.3) is 0 Å². The molecule has 0 saturated heterocycles. The molecule has 0 amide bonds. The Morgan fingerprint density at radius 3 is 2.36 bits per heavy atom. The standard InChI is InChI=1S/C12H21NS/c1-6-13-11(12(3,4)5)10-8-14-7-9(10)2/h7-8,11,13H,6H2,1-5H3. The summed E-state index contributed by atoms with van der Waals surface area (Å²) in [5.74, 6) is 0. The van der Waals surface area contributed by atoms with Gasteiger partial charge in [0.15, 0.2) is 0 Å². The lowest BCUT2D eigenvalue weighted by Gasteiger charge is -2.31. The average molecular weight is 211 g/mol. The van der Waals surface area contributed by atoms with E-state index in [0.29, 0.717) is 6.04 Å². The molecule has 0 aromatic carbocycles. The molecular weight excluding hydrogens is 190 g/mol. The summed E-state index contributed by atoms with van der Waals surface area (Å²) in [6, 6.07) is 0.471. The van der Waals surface area contributed by atoms with Gasteiger partial charge in [-0.25, -0.2) is 0 Å². The molecule has 14 heavy (non-hydrogen) atoms. The van der Waals surface area contributed by atoms with Crippen molar-refractivity contribution in [1.82, 2.24) is 5.32 Å². The first-order valence-corrected chi connectivity index (χ1v) is 6.17. The van der Waals surface area contributed by atoms with Crippen LogP contribution in [0.4, 0.5) is 0 Å². The van der Waals surface area contributed by atoms with Crippen molar-refractivity contribution in [3.63, 3.8) is 0 Å². The van der Waals surface area contributed by atoms with Crippen molar-refractivity contribution in [3.8, 4) is 0 Å². The highest BCUT2D eigenvalue weighted by atomic mass is 32.1. The highest BCUT2D eigenvalue weighted by molar-refractivity contribution is 7.08. The summed E-state index contributed by atoms with van der Waals surface area (Å²) in [6.07, 6.45) is 0. The van der Waals surface area contributed by atoms with Gasteiger partial charge in [-0.1, -0.05) is 27.7 Å². The maximum atomic E-state index is 3.57. The van der Waals surface area contributed by atoms with Gasteiger partial charge in [-0.2, -0.15) is 11.3 Å². The Bertz CT molecular complexity index is 283. The van der Waals surface area contributed by atoms with Crippen molar-refractivity contribution >= 4 is 11.3 Å². The van der Waals surface area contributed by atoms with Gasteiger partial charge in [0, 0.05) is 6.04 Å². The zero-order valence-electron chi connectivity index (χ0n) is 9.85. The molecule has 0 spiro atoms. The fourth-order valence-corrected chi connectivity index (χ4v) is 2.63. The van der Waals surface area contributed by atoms with Crippen molar-refractivity contribution in [2.75, 3.05) is 6.54 Å². The minimum atomic E-state index is 0.280. The smallest absolute Gasteiger partial charge is 0.0380 e. The lowest BCUT2D eigenvalue weighted by molar-refractivity contribution is 0.276. The minimum absolute atomic E-state index is 0.280. The molecule has 0 bridgehead atoms. The molecule has 2 heteroatoms. The molecule has 80 valence electrons. The molecule has 1 aromatic rings. The predicted octanol–water partition coefficient (Wildman–Crippen LogP) is 3.75. The third kappa shape index (κ3) is 2.58. The summed E-state index contributed by atoms with van der Waals surface area (Å²) < 4.78 is 0. The van der Waals surface area contributed by atoms with Crippen LogP contribution in [0.1, 0.15) is 44.9 Å². The van der Waals surface area contributed by atoms with Crippen LogP contribution in [0.15, 0.2) is 10.8 Å². The van der Waals surface area contributed by atoms with Crippen LogP contribution in [0.25, 0.3) is 0 Å². The molecule has 0 saturated carbocycles. The van der Waals surface area contributed by atoms with Crippen LogP contribution in [0.2, 0.25) is 0 Å². The molecule has 1 atom stereocenters. The predicted molar refractivity (Wildman–Crippen MR) is 64.9 cm³/mol. The molecule has 1 aromatic heterocycles. The molecule has 0 aliphatic heterocycles. The first kappa shape index (κ1) is 11.7. The maximum absolute atomic E-state index is 3.57. The van der Waals surface area contributed by atoms with E-state index in [1.54, 1.807) is 11.3 Å². The van der Waals surface area contributed by atoms with Crippen LogP contribution in [0.3, 0.4) is 0 Å². The molecule has 1 unspecified atom stereocenters. The summed E-state index contributed by atoms with van der Waals surface area (Å²) in [5.41, 5.74) is 3.15. The molecule has 0 aliphatic carbocycles. The van der Waals surface area contributed by atoms with E-state index in [0.717, 1.165) is 6.54 Å². The molecule has 1 rings (SSSR count). The van der Waals surface area contributed by atoms with Crippen LogP contribution < -0.4 is 5.32 Å². The summed E-state index contributed by atoms with van der Waals surface area (Å²) in [7, 11) is 0. The van der Waals surface area contributed by atoms with Gasteiger partial charge >= 0.3 is 0 Å². The van der Waals surface area contributed by atoms with E-state index in [4.69, 9.17) is 0 Å². The first-order valence-electron chi connectivity index (χ1n) is 5.23. The second-order valence-corrected chi connectivity index (χ2v) is 5.61. The summed E-state index contributed by atoms with van der Waals surface area (Å²) in [4.78, 5) is 0. The largest absolute Gasteiger partial charge is 0.310 e. The Kier molecular flexibility index (Phi) is 3.73. The van der Waals surface area contributed by atoms with Gasteiger partial charge in [-0.3, -0.25) is 0 Å². The molecular formula is C12H21NS. The fourth-order valence-electron chi connectivity index (χ4n) is 1.75. The van der Waals surface area contributed by atoms with E-state index in [2.05, 4.69) is 50.7 Å². The average Bonchev–Trinajstić information content (AvgIpc) is 2.45. The Morgan fingerprint density at radius 1 is 1.36 bits per heavy atom. The van der Waals surface area contributed by atoms with Crippen LogP contribution in [0.5, 0.6) is 0 Å². The van der Waals surface area contributed by atoms with Crippen molar-refractivity contribution in [1.29, 1.82) is 0 Å². The molecule has 1 N–H and O–H groups in total. The van der Waals surface area contributed by atoms with Gasteiger partial charge < -0.3 is 5.32 Å². The molecule has 0 fully saturated rings. The first-order chi connectivity index (χ1) is 6.46. The van der Waals surface area contributed by atoms with Crippen molar-refractivity contribution in [2.24, 2.45) is 5.41 Å². The molecule has 1 nitrogen and oxygen atoms in total. The molecule has 0 aliphatic rings. The number of hydrogen-bond acceptors (Lipinski definition) is 2. The van der Waals surface area contributed by atoms with Crippen molar-refractivity contribution < 1.29 is 0 Å². The third-order valence-electron chi connectivity index (χ3n) is 2.48. The quantitative estimate of drug-likeness (QED) is 0.803. The normalized spacial score (nSPS) is 14.4. The number of rotatable bonds is 3. The number of aryl methyl sites for hydroxylation is 1. The van der Waals surface area contributed by atoms with E-state index < -0.39 is 0 Å². The van der Waals surface area contributed by atoms with Gasteiger partial charge in [0.05, 0.1) is 0 Å². The summed E-state index contributed by atoms with van der Waals surface area (Å²) in [5, 5.41) is 8.07. The third-order valence-corrected chi connectivity index (χ3v) is 3.36. The lowest BCUT2D eigenvalue weighted by Crippen LogP contribution is -2.32. The Hall–Kier alpha value is -0.340. The van der Waals surface area contributed by atoms with E-state index in [1.807, 2.05) is 0 Å². The Balaban J connectivity index is 2.95. The van der Waals surface area contributed by atoms with Crippen molar-refractivity contribution in [2.45, 2.75) is 40.7 Å². The number of hydrogen-bond donors (Lipinski definition) is 1. The van der Waals surface area contributed by atoms with Gasteiger partial charge in [-0.15, -0.1) is 0 Å². The SMILES string of the molecule is CCNC(c1cscc1C)C(C)(C)C. The van der Waals surface area contributed by atoms with Gasteiger partial charge in [-0.05, 0) is 40.8 Å². The monoisotopic (exact) mass is 211 g/mol. The second-order valence-electron chi connectivity index (χ2n) is 4.87. The maximum Gasteiger partial charge on any atom is 0.0380 e. The Morgan fingerprint density at radius 2 is 2.00 bits per heavy atom. The van der Waals surface area contributed by atoms with Gasteiger partial charge in [0.2, 0.25) is 0 Å². The number of nitrogens with one attached hydrogen (secondary N) is 1. The molecule has 0 radical (unpaired) electrons. The number of thiophene rings is 1. The Labute approximate surface area is 91.5 Å². The highest BCUT2D eigenvalue weighted by Gasteiger charge is 2.26. The fraction of sp³-hybridized carbons (Fsp3) is 0.667. The summed E-state index contributed by atoms with van der Waals surface area (Å²) >= 11 is 1.80. The minimum Gasteiger partial charge on any atom is -0.310 e. The topological polar surface area (TPSA) is 12.0 Å². The van der Waals surface area contributed by atoms with Crippen LogP contribution >= 0.6 is 11.3 Å². The summed E-state index contributed by atoms with van der Waals surface area (Å²) in [6.45, 7) is 12.3. The lowest BCUT2D eigenvalue weighted by atomic mass is 9.82. The van der Waals surface area contributed by atoms with E-state index in [-0.39, 0.29) is 5.41 Å². The van der Waals surface area contributed by atoms with E-state index >= 15 is 0 Å². The zero-order chi connectivity index (χ0) is 10.8. The zero-order valence-corrected chi connectivity index (χ0v) is 10.7.